The molecule has 0 N–H and O–H groups in total. The maximum Gasteiger partial charge on any atom is 0.257 e. The van der Waals surface area contributed by atoms with E-state index in [2.05, 4.69) is 5.10 Å². The number of para-hydroxylation sites is 1. The van der Waals surface area contributed by atoms with Gasteiger partial charge in [0.15, 0.2) is 0 Å². The highest BCUT2D eigenvalue weighted by Crippen LogP contribution is 2.28. The molecule has 236 valence electrons. The molecule has 0 fully saturated rings. The number of hydrogen-bond acceptors (Lipinski definition) is 5. The lowest BCUT2D eigenvalue weighted by Crippen LogP contribution is -2.43. The van der Waals surface area contributed by atoms with Crippen LogP contribution in [0.1, 0.15) is 75.8 Å². The molecule has 3 aromatic carbocycles. The average molecular weight is 606 g/mol. The second kappa shape index (κ2) is 16.9. The minimum Gasteiger partial charge on any atom is -0.332 e. The van der Waals surface area contributed by atoms with Crippen molar-refractivity contribution in [2.45, 2.75) is 67.5 Å². The Kier molecular flexibility index (Phi) is 13.0. The molecule has 7 heteroatoms. The predicted molar refractivity (Wildman–Crippen MR) is 187 cm³/mol. The van der Waals surface area contributed by atoms with Crippen LogP contribution < -0.4 is 10.6 Å². The number of fused-ring (bicyclic) bond motifs is 1. The Hall–Kier alpha value is -4.78. The average Bonchev–Trinajstić information content (AvgIpc) is 3.09. The fourth-order valence-electron chi connectivity index (χ4n) is 5.50. The quantitative estimate of drug-likeness (QED) is 0.124. The fraction of sp³-hybridized carbons (Fsp3) is 0.316. The first-order valence-corrected chi connectivity index (χ1v) is 15.9. The van der Waals surface area contributed by atoms with E-state index in [1.165, 1.54) is 0 Å². The molecule has 5 rings (SSSR count). The van der Waals surface area contributed by atoms with E-state index >= 15 is 0 Å². The smallest absolute Gasteiger partial charge is 0.257 e. The number of aromatic nitrogens is 2. The van der Waals surface area contributed by atoms with E-state index in [1.807, 2.05) is 147 Å². The third-order valence-corrected chi connectivity index (χ3v) is 7.56. The first-order chi connectivity index (χ1) is 21.9. The number of allylic oxidation sites excluding steroid dienone is 1. The molecule has 1 aromatic heterocycles. The number of carbonyl (C=O) groups excluding carboxylic acids is 1. The third kappa shape index (κ3) is 8.04. The molecule has 0 saturated heterocycles. The molecule has 7 nitrogen and oxygen atoms in total. The van der Waals surface area contributed by atoms with Crippen LogP contribution in [0.4, 0.5) is 5.69 Å². The maximum absolute atomic E-state index is 14.0. The number of amides is 1. The zero-order chi connectivity index (χ0) is 32.9. The number of benzene rings is 3. The maximum atomic E-state index is 14.0. The highest BCUT2D eigenvalue weighted by molar-refractivity contribution is 6.20. The summed E-state index contributed by atoms with van der Waals surface area (Å²) in [5.41, 5.74) is 5.42. The lowest BCUT2D eigenvalue weighted by molar-refractivity contribution is -0.127. The van der Waals surface area contributed by atoms with Crippen molar-refractivity contribution < 1.29 is 4.79 Å². The monoisotopic (exact) mass is 605 g/mol. The summed E-state index contributed by atoms with van der Waals surface area (Å²) in [6, 6.07) is 29.6. The van der Waals surface area contributed by atoms with Crippen LogP contribution in [0.3, 0.4) is 0 Å². The Morgan fingerprint density at radius 1 is 0.889 bits per heavy atom. The first-order valence-electron chi connectivity index (χ1n) is 15.9. The van der Waals surface area contributed by atoms with Crippen molar-refractivity contribution in [2.75, 3.05) is 18.6 Å². The summed E-state index contributed by atoms with van der Waals surface area (Å²) in [7, 11) is 1.86. The van der Waals surface area contributed by atoms with Gasteiger partial charge in [-0.2, -0.15) is 5.10 Å². The molecule has 0 bridgehead atoms. The second-order valence-electron chi connectivity index (χ2n) is 10.2. The minimum atomic E-state index is -0.294. The molecule has 1 aliphatic heterocycles. The van der Waals surface area contributed by atoms with Crippen molar-refractivity contribution in [1.29, 1.82) is 0 Å². The Balaban J connectivity index is 0.00000133. The molecule has 0 unspecified atom stereocenters. The summed E-state index contributed by atoms with van der Waals surface area (Å²) < 4.78 is 1.80. The van der Waals surface area contributed by atoms with E-state index in [9.17, 15) is 9.59 Å². The zero-order valence-electron chi connectivity index (χ0n) is 28.0. The number of rotatable bonds is 7. The summed E-state index contributed by atoms with van der Waals surface area (Å²) in [5, 5.41) is 6.43. The van der Waals surface area contributed by atoms with Crippen molar-refractivity contribution in [3.8, 4) is 0 Å². The van der Waals surface area contributed by atoms with Crippen LogP contribution in [0.5, 0.6) is 0 Å². The van der Waals surface area contributed by atoms with Crippen molar-refractivity contribution in [1.82, 2.24) is 14.5 Å². The van der Waals surface area contributed by atoms with Crippen LogP contribution in [0.2, 0.25) is 0 Å². The van der Waals surface area contributed by atoms with Crippen LogP contribution in [-0.2, 0) is 17.8 Å². The van der Waals surface area contributed by atoms with Crippen LogP contribution >= 0.6 is 0 Å². The molecule has 1 amide bonds. The third-order valence-electron chi connectivity index (χ3n) is 7.56. The Morgan fingerprint density at radius 2 is 1.40 bits per heavy atom. The standard InChI is InChI=1S/C34H35N5O2.2C2H6/c1-5-29(24(2)36-37(4)28-19-13-8-14-20-28)33(40)38-22-21-30-31(23-38)35-25(3)39(34(30)41)32(26-15-9-6-10-16-26)27-17-11-7-12-18-27;2*1-2/h5-20,32H,21-23H2,1-4H3;2*1-2H3/b29-5?,36-24-;;. The molecular weight excluding hydrogens is 558 g/mol. The molecule has 45 heavy (non-hydrogen) atoms. The Morgan fingerprint density at radius 3 is 1.91 bits per heavy atom. The largest absolute Gasteiger partial charge is 0.332 e. The zero-order valence-corrected chi connectivity index (χ0v) is 28.0. The van der Waals surface area contributed by atoms with E-state index in [4.69, 9.17) is 4.98 Å². The molecule has 0 radical (unpaired) electrons. The van der Waals surface area contributed by atoms with Gasteiger partial charge in [0.25, 0.3) is 11.5 Å². The van der Waals surface area contributed by atoms with Gasteiger partial charge in [-0.1, -0.05) is 113 Å². The second-order valence-corrected chi connectivity index (χ2v) is 10.2. The Bertz CT molecular complexity index is 1610. The molecule has 4 aromatic rings. The van der Waals surface area contributed by atoms with Gasteiger partial charge in [0.2, 0.25) is 0 Å². The van der Waals surface area contributed by atoms with Gasteiger partial charge >= 0.3 is 0 Å². The highest BCUT2D eigenvalue weighted by atomic mass is 16.2. The van der Waals surface area contributed by atoms with E-state index in [0.717, 1.165) is 16.8 Å². The number of anilines is 1. The molecule has 0 aliphatic carbocycles. The topological polar surface area (TPSA) is 70.8 Å². The number of carbonyl (C=O) groups is 1. The predicted octanol–water partition coefficient (Wildman–Crippen LogP) is 7.59. The molecule has 1 aliphatic rings. The Labute approximate surface area is 268 Å². The normalized spacial score (nSPS) is 12.8. The van der Waals surface area contributed by atoms with Crippen molar-refractivity contribution in [2.24, 2.45) is 5.10 Å². The number of hydrogen-bond donors (Lipinski definition) is 0. The van der Waals surface area contributed by atoms with E-state index < -0.39 is 0 Å². The lowest BCUT2D eigenvalue weighted by atomic mass is 9.97. The van der Waals surface area contributed by atoms with Crippen LogP contribution in [0.15, 0.2) is 113 Å². The molecule has 2 heterocycles. The van der Waals surface area contributed by atoms with Crippen LogP contribution in [0, 0.1) is 6.92 Å². The van der Waals surface area contributed by atoms with Gasteiger partial charge in [0.05, 0.1) is 35.3 Å². The van der Waals surface area contributed by atoms with Gasteiger partial charge in [-0.05, 0) is 50.5 Å². The summed E-state index contributed by atoms with van der Waals surface area (Å²) >= 11 is 0. The summed E-state index contributed by atoms with van der Waals surface area (Å²) in [6.07, 6.45) is 2.25. The molecular formula is C38H47N5O2. The number of hydrazone groups is 1. The summed E-state index contributed by atoms with van der Waals surface area (Å²) in [6.45, 7) is 14.3. The van der Waals surface area contributed by atoms with E-state index in [1.54, 1.807) is 20.6 Å². The first kappa shape index (κ1) is 34.7. The lowest BCUT2D eigenvalue weighted by Gasteiger charge is -2.31. The fourth-order valence-corrected chi connectivity index (χ4v) is 5.50. The summed E-state index contributed by atoms with van der Waals surface area (Å²) in [5.74, 6) is 0.505. The molecule has 0 atom stereocenters. The minimum absolute atomic E-state index is 0.0502. The SMILES string of the molecule is CC.CC.CC=C(C(=O)N1CCc2c(nc(C)n(C(c3ccccc3)c3ccccc3)c2=O)C1)/C(C)=N\N(C)c1ccccc1. The summed E-state index contributed by atoms with van der Waals surface area (Å²) in [4.78, 5) is 34.4. The van der Waals surface area contributed by atoms with Gasteiger partial charge < -0.3 is 4.90 Å². The van der Waals surface area contributed by atoms with Gasteiger partial charge in [-0.3, -0.25) is 19.2 Å². The molecule has 0 saturated carbocycles. The van der Waals surface area contributed by atoms with Gasteiger partial charge in [-0.15, -0.1) is 0 Å². The van der Waals surface area contributed by atoms with Gasteiger partial charge in [0, 0.05) is 19.2 Å². The van der Waals surface area contributed by atoms with Crippen molar-refractivity contribution in [3.05, 3.63) is 141 Å². The van der Waals surface area contributed by atoms with Crippen molar-refractivity contribution in [3.63, 3.8) is 0 Å². The van der Waals surface area contributed by atoms with Gasteiger partial charge in [0.1, 0.15) is 5.82 Å². The number of aryl methyl sites for hydroxylation is 1. The molecule has 0 spiro atoms. The van der Waals surface area contributed by atoms with Crippen LogP contribution in [0.25, 0.3) is 0 Å². The van der Waals surface area contributed by atoms with Gasteiger partial charge in [-0.25, -0.2) is 4.98 Å². The van der Waals surface area contributed by atoms with Crippen molar-refractivity contribution >= 4 is 17.3 Å². The van der Waals surface area contributed by atoms with E-state index in [0.29, 0.717) is 41.3 Å². The van der Waals surface area contributed by atoms with Crippen LogP contribution in [-0.4, -0.2) is 39.7 Å². The number of nitrogens with zero attached hydrogens (tertiary/aromatic N) is 5. The van der Waals surface area contributed by atoms with E-state index in [-0.39, 0.29) is 24.1 Å². The highest BCUT2D eigenvalue weighted by Gasteiger charge is 2.30.